The van der Waals surface area contributed by atoms with Crippen molar-refractivity contribution in [2.75, 3.05) is 6.61 Å². The summed E-state index contributed by atoms with van der Waals surface area (Å²) in [6, 6.07) is 6.53. The lowest BCUT2D eigenvalue weighted by Gasteiger charge is -2.13. The molecule has 1 aromatic rings. The lowest BCUT2D eigenvalue weighted by molar-refractivity contribution is -0.123. The Balaban J connectivity index is 1.58. The predicted molar refractivity (Wildman–Crippen MR) is 78.0 cm³/mol. The summed E-state index contributed by atoms with van der Waals surface area (Å²) in [7, 11) is 0. The molecule has 0 saturated heterocycles. The van der Waals surface area contributed by atoms with Gasteiger partial charge in [-0.2, -0.15) is 0 Å². The van der Waals surface area contributed by atoms with Crippen LogP contribution in [0.2, 0.25) is 5.02 Å². The molecule has 0 heterocycles. The summed E-state index contributed by atoms with van der Waals surface area (Å²) >= 11 is 6.22. The van der Waals surface area contributed by atoms with Crippen molar-refractivity contribution in [3.63, 3.8) is 0 Å². The molecule has 108 valence electrons. The van der Waals surface area contributed by atoms with E-state index in [0.29, 0.717) is 29.4 Å². The van der Waals surface area contributed by atoms with E-state index in [9.17, 15) is 4.79 Å². The Kier molecular flexibility index (Phi) is 4.13. The Labute approximate surface area is 123 Å². The van der Waals surface area contributed by atoms with Crippen LogP contribution in [0.3, 0.4) is 0 Å². The van der Waals surface area contributed by atoms with Crippen LogP contribution in [-0.2, 0) is 11.3 Å². The molecule has 0 atom stereocenters. The summed E-state index contributed by atoms with van der Waals surface area (Å²) in [5.41, 5.74) is 0.931. The first-order valence-corrected chi connectivity index (χ1v) is 7.53. The SMILES string of the molecule is O=C(COc1cccc(Cl)c1CNC1CC1)NC1CC1. The average molecular weight is 295 g/mol. The van der Waals surface area contributed by atoms with E-state index >= 15 is 0 Å². The third-order valence-corrected chi connectivity index (χ3v) is 3.88. The van der Waals surface area contributed by atoms with Crippen molar-refractivity contribution in [2.24, 2.45) is 0 Å². The van der Waals surface area contributed by atoms with E-state index in [1.807, 2.05) is 18.2 Å². The van der Waals surface area contributed by atoms with Gasteiger partial charge in [0.1, 0.15) is 5.75 Å². The fraction of sp³-hybridized carbons (Fsp3) is 0.533. The van der Waals surface area contributed by atoms with Crippen LogP contribution in [-0.4, -0.2) is 24.6 Å². The van der Waals surface area contributed by atoms with Crippen molar-refractivity contribution < 1.29 is 9.53 Å². The fourth-order valence-electron chi connectivity index (χ4n) is 2.02. The highest BCUT2D eigenvalue weighted by molar-refractivity contribution is 6.31. The zero-order valence-electron chi connectivity index (χ0n) is 11.3. The van der Waals surface area contributed by atoms with Crippen molar-refractivity contribution >= 4 is 17.5 Å². The standard InChI is InChI=1S/C15H19ClN2O2/c16-13-2-1-3-14(12(13)8-17-10-4-5-10)20-9-15(19)18-11-6-7-11/h1-3,10-11,17H,4-9H2,(H,18,19). The van der Waals surface area contributed by atoms with Gasteiger partial charge in [-0.3, -0.25) is 4.79 Å². The quantitative estimate of drug-likeness (QED) is 0.811. The monoisotopic (exact) mass is 294 g/mol. The Morgan fingerprint density at radius 2 is 2.00 bits per heavy atom. The van der Waals surface area contributed by atoms with E-state index in [4.69, 9.17) is 16.3 Å². The molecule has 4 nitrogen and oxygen atoms in total. The van der Waals surface area contributed by atoms with E-state index in [0.717, 1.165) is 18.4 Å². The molecule has 2 saturated carbocycles. The van der Waals surface area contributed by atoms with Crippen molar-refractivity contribution in [1.29, 1.82) is 0 Å². The molecule has 2 fully saturated rings. The van der Waals surface area contributed by atoms with Crippen molar-refractivity contribution in [1.82, 2.24) is 10.6 Å². The maximum Gasteiger partial charge on any atom is 0.258 e. The lowest BCUT2D eigenvalue weighted by Crippen LogP contribution is -2.30. The van der Waals surface area contributed by atoms with Crippen molar-refractivity contribution in [2.45, 2.75) is 44.3 Å². The van der Waals surface area contributed by atoms with Gasteiger partial charge in [0.15, 0.2) is 6.61 Å². The molecule has 2 aliphatic carbocycles. The van der Waals surface area contributed by atoms with Crippen LogP contribution in [0.1, 0.15) is 31.2 Å². The molecule has 0 bridgehead atoms. The number of amides is 1. The molecule has 2 aliphatic rings. The van der Waals surface area contributed by atoms with Crippen LogP contribution < -0.4 is 15.4 Å². The van der Waals surface area contributed by atoms with Gasteiger partial charge < -0.3 is 15.4 Å². The van der Waals surface area contributed by atoms with Crippen LogP contribution in [0, 0.1) is 0 Å². The number of rotatable bonds is 7. The first-order valence-electron chi connectivity index (χ1n) is 7.15. The summed E-state index contributed by atoms with van der Waals surface area (Å²) in [4.78, 5) is 11.7. The molecular formula is C15H19ClN2O2. The average Bonchev–Trinajstić information content (AvgIpc) is 3.30. The smallest absolute Gasteiger partial charge is 0.258 e. The van der Waals surface area contributed by atoms with Crippen LogP contribution in [0.4, 0.5) is 0 Å². The van der Waals surface area contributed by atoms with Gasteiger partial charge in [-0.25, -0.2) is 0 Å². The number of carbonyl (C=O) groups is 1. The largest absolute Gasteiger partial charge is 0.483 e. The Bertz CT molecular complexity index is 499. The van der Waals surface area contributed by atoms with E-state index in [-0.39, 0.29) is 12.5 Å². The predicted octanol–water partition coefficient (Wildman–Crippen LogP) is 2.25. The van der Waals surface area contributed by atoms with Crippen LogP contribution >= 0.6 is 11.6 Å². The number of halogens is 1. The topological polar surface area (TPSA) is 50.4 Å². The summed E-state index contributed by atoms with van der Waals surface area (Å²) < 4.78 is 5.62. The molecule has 0 unspecified atom stereocenters. The Morgan fingerprint density at radius 3 is 2.70 bits per heavy atom. The van der Waals surface area contributed by atoms with Gasteiger partial charge in [0.25, 0.3) is 5.91 Å². The summed E-state index contributed by atoms with van der Waals surface area (Å²) in [6.45, 7) is 0.733. The molecule has 1 amide bonds. The van der Waals surface area contributed by atoms with Gasteiger partial charge in [0.2, 0.25) is 0 Å². The third kappa shape index (κ3) is 3.87. The fourth-order valence-corrected chi connectivity index (χ4v) is 2.25. The second-order valence-electron chi connectivity index (χ2n) is 5.50. The van der Waals surface area contributed by atoms with Crippen LogP contribution in [0.15, 0.2) is 18.2 Å². The normalized spacial score (nSPS) is 17.9. The van der Waals surface area contributed by atoms with Gasteiger partial charge in [0.05, 0.1) is 0 Å². The zero-order valence-corrected chi connectivity index (χ0v) is 12.1. The van der Waals surface area contributed by atoms with Gasteiger partial charge >= 0.3 is 0 Å². The molecule has 0 aliphatic heterocycles. The van der Waals surface area contributed by atoms with Gasteiger partial charge in [-0.05, 0) is 37.8 Å². The van der Waals surface area contributed by atoms with Gasteiger partial charge in [-0.15, -0.1) is 0 Å². The number of benzene rings is 1. The molecule has 2 N–H and O–H groups in total. The Hall–Kier alpha value is -1.26. The zero-order chi connectivity index (χ0) is 13.9. The molecule has 0 aromatic heterocycles. The molecule has 5 heteroatoms. The second-order valence-corrected chi connectivity index (χ2v) is 5.91. The molecule has 1 aromatic carbocycles. The van der Waals surface area contributed by atoms with Crippen molar-refractivity contribution in [3.8, 4) is 5.75 Å². The first kappa shape index (κ1) is 13.7. The van der Waals surface area contributed by atoms with E-state index in [2.05, 4.69) is 10.6 Å². The van der Waals surface area contributed by atoms with E-state index < -0.39 is 0 Å². The Morgan fingerprint density at radius 1 is 1.25 bits per heavy atom. The number of carbonyl (C=O) groups excluding carboxylic acids is 1. The first-order chi connectivity index (χ1) is 9.72. The number of hydrogen-bond acceptors (Lipinski definition) is 3. The van der Waals surface area contributed by atoms with Crippen molar-refractivity contribution in [3.05, 3.63) is 28.8 Å². The maximum absolute atomic E-state index is 11.7. The number of hydrogen-bond donors (Lipinski definition) is 2. The van der Waals surface area contributed by atoms with E-state index in [1.54, 1.807) is 0 Å². The number of ether oxygens (including phenoxy) is 1. The maximum atomic E-state index is 11.7. The van der Waals surface area contributed by atoms with Gasteiger partial charge in [-0.1, -0.05) is 17.7 Å². The summed E-state index contributed by atoms with van der Waals surface area (Å²) in [5, 5.41) is 7.00. The highest BCUT2D eigenvalue weighted by Crippen LogP contribution is 2.28. The van der Waals surface area contributed by atoms with E-state index in [1.165, 1.54) is 12.8 Å². The van der Waals surface area contributed by atoms with Crippen LogP contribution in [0.25, 0.3) is 0 Å². The minimum absolute atomic E-state index is 0.0489. The molecule has 0 spiro atoms. The number of nitrogens with one attached hydrogen (secondary N) is 2. The second kappa shape index (κ2) is 6.02. The minimum Gasteiger partial charge on any atom is -0.483 e. The van der Waals surface area contributed by atoms with Gasteiger partial charge in [0, 0.05) is 29.2 Å². The summed E-state index contributed by atoms with van der Waals surface area (Å²) in [6.07, 6.45) is 4.62. The van der Waals surface area contributed by atoms with Crippen LogP contribution in [0.5, 0.6) is 5.75 Å². The highest BCUT2D eigenvalue weighted by atomic mass is 35.5. The highest BCUT2D eigenvalue weighted by Gasteiger charge is 2.24. The lowest BCUT2D eigenvalue weighted by atomic mass is 10.2. The molecule has 0 radical (unpaired) electrons. The summed E-state index contributed by atoms with van der Waals surface area (Å²) in [5.74, 6) is 0.630. The third-order valence-electron chi connectivity index (χ3n) is 3.52. The minimum atomic E-state index is -0.0615. The molecule has 3 rings (SSSR count). The molecule has 20 heavy (non-hydrogen) atoms. The molecular weight excluding hydrogens is 276 g/mol.